The number of aromatic nitrogens is 2. The largest absolute Gasteiger partial charge is 0.382 e. The lowest BCUT2D eigenvalue weighted by Crippen LogP contribution is -2.19. The van der Waals surface area contributed by atoms with Crippen LogP contribution in [-0.2, 0) is 14.6 Å². The zero-order valence-electron chi connectivity index (χ0n) is 11.8. The summed E-state index contributed by atoms with van der Waals surface area (Å²) < 4.78 is 29.7. The highest BCUT2D eigenvalue weighted by Crippen LogP contribution is 2.15. The molecule has 0 aliphatic carbocycles. The summed E-state index contributed by atoms with van der Waals surface area (Å²) in [6, 6.07) is -0.133. The Kier molecular flexibility index (Phi) is 6.30. The molecule has 1 aromatic rings. The van der Waals surface area contributed by atoms with E-state index in [-0.39, 0.29) is 11.8 Å². The van der Waals surface area contributed by atoms with Crippen molar-refractivity contribution in [3.8, 4) is 0 Å². The van der Waals surface area contributed by atoms with Crippen molar-refractivity contribution in [2.45, 2.75) is 26.3 Å². The molecule has 1 N–H and O–H groups in total. The second kappa shape index (κ2) is 7.49. The highest BCUT2D eigenvalue weighted by molar-refractivity contribution is 7.90. The fraction of sp³-hybridized carbons (Fsp3) is 0.750. The van der Waals surface area contributed by atoms with Gasteiger partial charge >= 0.3 is 0 Å². The number of anilines is 1. The molecule has 6 nitrogen and oxygen atoms in total. The van der Waals surface area contributed by atoms with Crippen molar-refractivity contribution in [1.82, 2.24) is 9.55 Å². The molecule has 0 radical (unpaired) electrons. The molecule has 0 saturated heterocycles. The minimum Gasteiger partial charge on any atom is -0.382 e. The van der Waals surface area contributed by atoms with Gasteiger partial charge in [0.25, 0.3) is 0 Å². The third kappa shape index (κ3) is 6.07. The van der Waals surface area contributed by atoms with Crippen LogP contribution in [0.4, 0.5) is 5.95 Å². The summed E-state index contributed by atoms with van der Waals surface area (Å²) in [5.41, 5.74) is 0. The van der Waals surface area contributed by atoms with Gasteiger partial charge in [0, 0.05) is 44.4 Å². The average molecular weight is 289 g/mol. The Bertz CT molecular complexity index is 470. The van der Waals surface area contributed by atoms with E-state index >= 15 is 0 Å². The van der Waals surface area contributed by atoms with Crippen molar-refractivity contribution in [2.24, 2.45) is 0 Å². The van der Waals surface area contributed by atoms with Gasteiger partial charge in [-0.05, 0) is 20.3 Å². The molecule has 0 bridgehead atoms. The molecule has 0 aliphatic heterocycles. The second-order valence-electron chi connectivity index (χ2n) is 4.58. The second-order valence-corrected chi connectivity index (χ2v) is 6.76. The number of hydrogen-bond donors (Lipinski definition) is 1. The Hall–Kier alpha value is -1.08. The molecule has 1 aromatic heterocycles. The van der Waals surface area contributed by atoms with Gasteiger partial charge in [0.15, 0.2) is 0 Å². The summed E-state index contributed by atoms with van der Waals surface area (Å²) >= 11 is 0. The van der Waals surface area contributed by atoms with E-state index in [0.29, 0.717) is 12.6 Å². The molecule has 7 heteroatoms. The predicted octanol–water partition coefficient (Wildman–Crippen LogP) is 1.33. The molecular weight excluding hydrogens is 266 g/mol. The Labute approximate surface area is 115 Å². The first-order chi connectivity index (χ1) is 8.94. The highest BCUT2D eigenvalue weighted by Gasteiger charge is 2.14. The van der Waals surface area contributed by atoms with E-state index in [0.717, 1.165) is 19.6 Å². The van der Waals surface area contributed by atoms with Gasteiger partial charge in [0.1, 0.15) is 9.84 Å². The minimum absolute atomic E-state index is 0.108. The van der Waals surface area contributed by atoms with E-state index in [9.17, 15) is 8.42 Å². The van der Waals surface area contributed by atoms with Gasteiger partial charge in [-0.2, -0.15) is 0 Å². The summed E-state index contributed by atoms with van der Waals surface area (Å²) in [7, 11) is -3.00. The molecule has 19 heavy (non-hydrogen) atoms. The summed E-state index contributed by atoms with van der Waals surface area (Å²) in [5, 5.41) is 3.20. The Balaban J connectivity index is 2.50. The predicted molar refractivity (Wildman–Crippen MR) is 76.2 cm³/mol. The number of nitrogens with zero attached hydrogens (tertiary/aromatic N) is 2. The van der Waals surface area contributed by atoms with Crippen LogP contribution in [0.3, 0.4) is 0 Å². The smallest absolute Gasteiger partial charge is 0.203 e. The zero-order valence-corrected chi connectivity index (χ0v) is 12.6. The fourth-order valence-corrected chi connectivity index (χ4v) is 2.88. The fourth-order valence-electron chi connectivity index (χ4n) is 1.84. The molecule has 0 amide bonds. The van der Waals surface area contributed by atoms with Crippen LogP contribution in [0, 0.1) is 0 Å². The molecule has 0 saturated carbocycles. The van der Waals surface area contributed by atoms with Crippen LogP contribution >= 0.6 is 0 Å². The van der Waals surface area contributed by atoms with Crippen molar-refractivity contribution >= 4 is 15.8 Å². The van der Waals surface area contributed by atoms with Gasteiger partial charge in [-0.3, -0.25) is 0 Å². The van der Waals surface area contributed by atoms with Crippen molar-refractivity contribution in [3.05, 3.63) is 12.4 Å². The quantitative estimate of drug-likeness (QED) is 0.694. The third-order valence-corrected chi connectivity index (χ3v) is 3.73. The standard InChI is InChI=1S/C12H23N3O3S/c1-4-18-9-5-6-13-12-14-7-8-15(12)11(2)10-19(3,16)17/h7-8,11H,4-6,9-10H2,1-3H3,(H,13,14). The molecule has 0 spiro atoms. The summed E-state index contributed by atoms with van der Waals surface area (Å²) in [5.74, 6) is 0.810. The van der Waals surface area contributed by atoms with Gasteiger partial charge in [0.05, 0.1) is 5.75 Å². The SMILES string of the molecule is CCOCCCNc1nccn1C(C)CS(C)(=O)=O. The van der Waals surface area contributed by atoms with Crippen molar-refractivity contribution in [3.63, 3.8) is 0 Å². The van der Waals surface area contributed by atoms with Crippen LogP contribution in [-0.4, -0.2) is 49.7 Å². The van der Waals surface area contributed by atoms with Crippen LogP contribution in [0.25, 0.3) is 0 Å². The topological polar surface area (TPSA) is 73.2 Å². The Morgan fingerprint density at radius 3 is 2.89 bits per heavy atom. The molecule has 1 unspecified atom stereocenters. The number of hydrogen-bond acceptors (Lipinski definition) is 5. The lowest BCUT2D eigenvalue weighted by Gasteiger charge is -2.16. The molecule has 1 rings (SSSR count). The van der Waals surface area contributed by atoms with Gasteiger partial charge in [-0.15, -0.1) is 0 Å². The first-order valence-corrected chi connectivity index (χ1v) is 8.52. The molecule has 0 fully saturated rings. The number of ether oxygens (including phenoxy) is 1. The normalized spacial score (nSPS) is 13.4. The number of nitrogens with one attached hydrogen (secondary N) is 1. The van der Waals surface area contributed by atoms with Gasteiger partial charge in [0.2, 0.25) is 5.95 Å². The first-order valence-electron chi connectivity index (χ1n) is 6.46. The monoisotopic (exact) mass is 289 g/mol. The number of rotatable bonds is 9. The lowest BCUT2D eigenvalue weighted by molar-refractivity contribution is 0.147. The van der Waals surface area contributed by atoms with Crippen LogP contribution in [0.2, 0.25) is 0 Å². The van der Waals surface area contributed by atoms with E-state index in [4.69, 9.17) is 4.74 Å². The van der Waals surface area contributed by atoms with E-state index in [1.807, 2.05) is 18.4 Å². The van der Waals surface area contributed by atoms with Crippen molar-refractivity contribution < 1.29 is 13.2 Å². The van der Waals surface area contributed by atoms with Crippen LogP contribution < -0.4 is 5.32 Å². The number of imidazole rings is 1. The van der Waals surface area contributed by atoms with Gasteiger partial charge in [-0.1, -0.05) is 0 Å². The molecular formula is C12H23N3O3S. The lowest BCUT2D eigenvalue weighted by atomic mass is 10.4. The van der Waals surface area contributed by atoms with E-state index in [1.54, 1.807) is 12.4 Å². The summed E-state index contributed by atoms with van der Waals surface area (Å²) in [4.78, 5) is 4.20. The van der Waals surface area contributed by atoms with Gasteiger partial charge in [-0.25, -0.2) is 13.4 Å². The first kappa shape index (κ1) is 16.0. The van der Waals surface area contributed by atoms with Crippen LogP contribution in [0.1, 0.15) is 26.3 Å². The third-order valence-electron chi connectivity index (χ3n) is 2.64. The maximum Gasteiger partial charge on any atom is 0.203 e. The molecule has 110 valence electrons. The van der Waals surface area contributed by atoms with E-state index in [2.05, 4.69) is 10.3 Å². The maximum absolute atomic E-state index is 11.3. The summed E-state index contributed by atoms with van der Waals surface area (Å²) in [6.45, 7) is 6.02. The van der Waals surface area contributed by atoms with Gasteiger partial charge < -0.3 is 14.6 Å². The molecule has 0 aliphatic rings. The van der Waals surface area contributed by atoms with Crippen LogP contribution in [0.15, 0.2) is 12.4 Å². The van der Waals surface area contributed by atoms with E-state index < -0.39 is 9.84 Å². The van der Waals surface area contributed by atoms with E-state index in [1.165, 1.54) is 6.26 Å². The highest BCUT2D eigenvalue weighted by atomic mass is 32.2. The van der Waals surface area contributed by atoms with Crippen molar-refractivity contribution in [1.29, 1.82) is 0 Å². The summed E-state index contributed by atoms with van der Waals surface area (Å²) in [6.07, 6.45) is 5.60. The Morgan fingerprint density at radius 1 is 1.53 bits per heavy atom. The Morgan fingerprint density at radius 2 is 2.26 bits per heavy atom. The average Bonchev–Trinajstić information content (AvgIpc) is 2.75. The molecule has 1 atom stereocenters. The molecule has 1 heterocycles. The van der Waals surface area contributed by atoms with Crippen molar-refractivity contribution in [2.75, 3.05) is 37.1 Å². The van der Waals surface area contributed by atoms with Crippen LogP contribution in [0.5, 0.6) is 0 Å². The zero-order chi connectivity index (χ0) is 14.3. The molecule has 0 aromatic carbocycles. The maximum atomic E-state index is 11.3. The number of sulfone groups is 1. The minimum atomic E-state index is -3.00.